The number of aryl methyl sites for hydroxylation is 2. The van der Waals surface area contributed by atoms with Crippen molar-refractivity contribution in [2.75, 3.05) is 25.7 Å². The van der Waals surface area contributed by atoms with Gasteiger partial charge in [-0.2, -0.15) is 0 Å². The molecule has 0 saturated carbocycles. The Labute approximate surface area is 171 Å². The highest BCUT2D eigenvalue weighted by Crippen LogP contribution is 2.31. The molecule has 0 spiro atoms. The van der Waals surface area contributed by atoms with Gasteiger partial charge in [-0.3, -0.25) is 9.69 Å². The molecule has 2 aromatic rings. The number of anilines is 1. The van der Waals surface area contributed by atoms with Crippen LogP contribution in [0.15, 0.2) is 42.1 Å². The standard InChI is InChI=1S/C22H24N2O3S/c1-6-27-18-9-7-17(8-10-18)24-21(25)19(23(4)22(24)28)13-16-11-14(2)20(26-5)15(3)12-16/h7-13H,6H2,1-5H3/b19-13-. The summed E-state index contributed by atoms with van der Waals surface area (Å²) in [6.07, 6.45) is 1.86. The van der Waals surface area contributed by atoms with Crippen molar-refractivity contribution in [3.63, 3.8) is 0 Å². The highest BCUT2D eigenvalue weighted by atomic mass is 32.1. The zero-order chi connectivity index (χ0) is 20.4. The molecule has 146 valence electrons. The Morgan fingerprint density at radius 2 is 1.71 bits per heavy atom. The number of methoxy groups -OCH3 is 1. The number of likely N-dealkylation sites (N-methyl/N-ethyl adjacent to an activating group) is 1. The second-order valence-electron chi connectivity index (χ2n) is 6.63. The normalized spacial score (nSPS) is 15.5. The first-order valence-corrected chi connectivity index (χ1v) is 9.50. The van der Waals surface area contributed by atoms with Crippen LogP contribution in [-0.2, 0) is 4.79 Å². The van der Waals surface area contributed by atoms with Gasteiger partial charge in [0.1, 0.15) is 17.2 Å². The average Bonchev–Trinajstić information content (AvgIpc) is 2.86. The molecule has 1 saturated heterocycles. The zero-order valence-electron chi connectivity index (χ0n) is 16.8. The maximum absolute atomic E-state index is 13.1. The van der Waals surface area contributed by atoms with E-state index in [1.807, 2.05) is 70.3 Å². The Balaban J connectivity index is 1.95. The van der Waals surface area contributed by atoms with E-state index in [0.29, 0.717) is 17.4 Å². The lowest BCUT2D eigenvalue weighted by atomic mass is 10.0. The second kappa shape index (κ2) is 8.02. The fourth-order valence-corrected chi connectivity index (χ4v) is 3.68. The number of carbonyl (C=O) groups excluding carboxylic acids is 1. The van der Waals surface area contributed by atoms with Crippen LogP contribution in [0, 0.1) is 13.8 Å². The molecule has 1 amide bonds. The van der Waals surface area contributed by atoms with Crippen molar-refractivity contribution in [3.8, 4) is 11.5 Å². The van der Waals surface area contributed by atoms with Crippen molar-refractivity contribution in [1.82, 2.24) is 4.90 Å². The van der Waals surface area contributed by atoms with Gasteiger partial charge >= 0.3 is 0 Å². The fourth-order valence-electron chi connectivity index (χ4n) is 3.39. The lowest BCUT2D eigenvalue weighted by Crippen LogP contribution is -2.31. The van der Waals surface area contributed by atoms with Gasteiger partial charge in [-0.1, -0.05) is 0 Å². The van der Waals surface area contributed by atoms with Gasteiger partial charge in [-0.25, -0.2) is 0 Å². The van der Waals surface area contributed by atoms with Crippen molar-refractivity contribution >= 4 is 35.0 Å². The van der Waals surface area contributed by atoms with Crippen LogP contribution in [0.3, 0.4) is 0 Å². The summed E-state index contributed by atoms with van der Waals surface area (Å²) in [7, 11) is 3.47. The molecule has 0 aliphatic carbocycles. The molecule has 0 radical (unpaired) electrons. The number of ether oxygens (including phenoxy) is 2. The minimum Gasteiger partial charge on any atom is -0.496 e. The number of hydrogen-bond donors (Lipinski definition) is 0. The number of hydrogen-bond acceptors (Lipinski definition) is 4. The molecule has 28 heavy (non-hydrogen) atoms. The van der Waals surface area contributed by atoms with Gasteiger partial charge in [0, 0.05) is 7.05 Å². The van der Waals surface area contributed by atoms with E-state index in [0.717, 1.165) is 33.9 Å². The summed E-state index contributed by atoms with van der Waals surface area (Å²) in [6, 6.07) is 11.4. The maximum Gasteiger partial charge on any atom is 0.281 e. The molecule has 1 fully saturated rings. The predicted molar refractivity (Wildman–Crippen MR) is 116 cm³/mol. The third kappa shape index (κ3) is 3.60. The van der Waals surface area contributed by atoms with E-state index in [-0.39, 0.29) is 5.91 Å². The van der Waals surface area contributed by atoms with Gasteiger partial charge in [0.2, 0.25) is 0 Å². The zero-order valence-corrected chi connectivity index (χ0v) is 17.6. The number of nitrogens with zero attached hydrogens (tertiary/aromatic N) is 2. The van der Waals surface area contributed by atoms with Crippen LogP contribution >= 0.6 is 12.2 Å². The van der Waals surface area contributed by atoms with E-state index in [9.17, 15) is 4.79 Å². The first kappa shape index (κ1) is 19.9. The number of thiocarbonyl (C=S) groups is 1. The first-order chi connectivity index (χ1) is 13.4. The smallest absolute Gasteiger partial charge is 0.281 e. The molecule has 6 heteroatoms. The summed E-state index contributed by atoms with van der Waals surface area (Å²) in [6.45, 7) is 6.51. The van der Waals surface area contributed by atoms with Gasteiger partial charge in [0.25, 0.3) is 5.91 Å². The lowest BCUT2D eigenvalue weighted by molar-refractivity contribution is -0.114. The van der Waals surface area contributed by atoms with Crippen molar-refractivity contribution in [2.24, 2.45) is 0 Å². The topological polar surface area (TPSA) is 42.0 Å². The van der Waals surface area contributed by atoms with Crippen molar-refractivity contribution in [3.05, 3.63) is 58.8 Å². The molecule has 5 nitrogen and oxygen atoms in total. The van der Waals surface area contributed by atoms with Crippen LogP contribution in [0.1, 0.15) is 23.6 Å². The predicted octanol–water partition coefficient (Wildman–Crippen LogP) is 4.32. The molecule has 0 N–H and O–H groups in total. The Morgan fingerprint density at radius 3 is 2.25 bits per heavy atom. The fraction of sp³-hybridized carbons (Fsp3) is 0.273. The van der Waals surface area contributed by atoms with E-state index in [1.54, 1.807) is 16.9 Å². The SMILES string of the molecule is CCOc1ccc(N2C(=O)/C(=C/c3cc(C)c(OC)c(C)c3)N(C)C2=S)cc1. The van der Waals surface area contributed by atoms with Crippen LogP contribution in [-0.4, -0.2) is 36.7 Å². The quantitative estimate of drug-likeness (QED) is 0.556. The summed E-state index contributed by atoms with van der Waals surface area (Å²) in [4.78, 5) is 16.4. The number of benzene rings is 2. The summed E-state index contributed by atoms with van der Waals surface area (Å²) < 4.78 is 10.9. The monoisotopic (exact) mass is 396 g/mol. The van der Waals surface area contributed by atoms with Crippen molar-refractivity contribution in [1.29, 1.82) is 0 Å². The Bertz CT molecular complexity index is 928. The molecule has 0 aromatic heterocycles. The summed E-state index contributed by atoms with van der Waals surface area (Å²) in [5, 5.41) is 0.447. The van der Waals surface area contributed by atoms with Crippen LogP contribution < -0.4 is 14.4 Å². The van der Waals surface area contributed by atoms with E-state index in [2.05, 4.69) is 0 Å². The molecule has 0 bridgehead atoms. The lowest BCUT2D eigenvalue weighted by Gasteiger charge is -2.16. The third-order valence-electron chi connectivity index (χ3n) is 4.66. The summed E-state index contributed by atoms with van der Waals surface area (Å²) in [5.74, 6) is 1.47. The van der Waals surface area contributed by atoms with Gasteiger partial charge in [0.15, 0.2) is 5.11 Å². The van der Waals surface area contributed by atoms with Crippen molar-refractivity contribution < 1.29 is 14.3 Å². The maximum atomic E-state index is 13.1. The number of carbonyl (C=O) groups is 1. The highest BCUT2D eigenvalue weighted by Gasteiger charge is 2.36. The van der Waals surface area contributed by atoms with E-state index in [4.69, 9.17) is 21.7 Å². The molecule has 1 aliphatic rings. The molecule has 2 aromatic carbocycles. The van der Waals surface area contributed by atoms with Crippen LogP contribution in [0.2, 0.25) is 0 Å². The molecule has 1 heterocycles. The van der Waals surface area contributed by atoms with Gasteiger partial charge < -0.3 is 14.4 Å². The van der Waals surface area contributed by atoms with Crippen LogP contribution in [0.4, 0.5) is 5.69 Å². The minimum atomic E-state index is -0.150. The molecule has 0 unspecified atom stereocenters. The van der Waals surface area contributed by atoms with E-state index < -0.39 is 0 Å². The Hall–Kier alpha value is -2.86. The molecular weight excluding hydrogens is 372 g/mol. The Kier molecular flexibility index (Phi) is 5.70. The Morgan fingerprint density at radius 1 is 1.11 bits per heavy atom. The number of rotatable bonds is 5. The van der Waals surface area contributed by atoms with E-state index >= 15 is 0 Å². The summed E-state index contributed by atoms with van der Waals surface area (Å²) in [5.41, 5.74) is 4.22. The molecule has 3 rings (SSSR count). The average molecular weight is 397 g/mol. The van der Waals surface area contributed by atoms with Gasteiger partial charge in [0.05, 0.1) is 19.4 Å². The molecule has 0 atom stereocenters. The van der Waals surface area contributed by atoms with E-state index in [1.165, 1.54) is 0 Å². The second-order valence-corrected chi connectivity index (χ2v) is 6.99. The third-order valence-corrected chi connectivity index (χ3v) is 5.11. The van der Waals surface area contributed by atoms with Crippen molar-refractivity contribution in [2.45, 2.75) is 20.8 Å². The van der Waals surface area contributed by atoms with Crippen LogP contribution in [0.5, 0.6) is 11.5 Å². The molecular formula is C22H24N2O3S. The van der Waals surface area contributed by atoms with Gasteiger partial charge in [-0.15, -0.1) is 0 Å². The minimum absolute atomic E-state index is 0.150. The molecule has 1 aliphatic heterocycles. The first-order valence-electron chi connectivity index (χ1n) is 9.09. The summed E-state index contributed by atoms with van der Waals surface area (Å²) >= 11 is 5.53. The number of amides is 1. The highest BCUT2D eigenvalue weighted by molar-refractivity contribution is 7.80. The largest absolute Gasteiger partial charge is 0.496 e. The van der Waals surface area contributed by atoms with Gasteiger partial charge in [-0.05, 0) is 92.2 Å². The van der Waals surface area contributed by atoms with Crippen LogP contribution in [0.25, 0.3) is 6.08 Å².